The first-order valence-corrected chi connectivity index (χ1v) is 9.07. The number of likely N-dealkylation sites (N-methyl/N-ethyl adjacent to an activating group) is 1. The molecular weight excluding hydrogens is 389 g/mol. The molecule has 29 heavy (non-hydrogen) atoms. The van der Waals surface area contributed by atoms with E-state index in [0.29, 0.717) is 38.2 Å². The second-order valence-electron chi connectivity index (χ2n) is 7.01. The molecule has 0 N–H and O–H groups in total. The number of carbonyl (C=O) groups excluding carboxylic acids is 1. The number of nitrogens with zero attached hydrogens (tertiary/aromatic N) is 6. The summed E-state index contributed by atoms with van der Waals surface area (Å²) < 4.78 is 42.2. The fourth-order valence-electron chi connectivity index (χ4n) is 2.99. The number of likely N-dealkylation sites (tertiary alicyclic amines) is 1. The minimum atomic E-state index is -4.71. The zero-order valence-electron chi connectivity index (χ0n) is 16.1. The lowest BCUT2D eigenvalue weighted by molar-refractivity contribution is -0.159. The molecule has 0 radical (unpaired) electrons. The van der Waals surface area contributed by atoms with Gasteiger partial charge < -0.3 is 14.3 Å². The molecule has 0 unspecified atom stereocenters. The third kappa shape index (κ3) is 5.37. The second kappa shape index (κ2) is 8.68. The predicted octanol–water partition coefficient (Wildman–Crippen LogP) is 2.37. The molecule has 2 aromatic heterocycles. The molecule has 1 amide bonds. The Bertz CT molecular complexity index is 872. The van der Waals surface area contributed by atoms with Gasteiger partial charge in [0.25, 0.3) is 0 Å². The van der Waals surface area contributed by atoms with Crippen LogP contribution in [-0.2, 0) is 11.0 Å². The van der Waals surface area contributed by atoms with Crippen LogP contribution in [0.1, 0.15) is 30.3 Å². The fourth-order valence-corrected chi connectivity index (χ4v) is 2.99. The SMILES string of the molecule is CN(C)C/C=C/C(=O)N1CCC(c2cncc(-c3noc(C(F)(F)F)n3)n2)CC1. The van der Waals surface area contributed by atoms with Gasteiger partial charge in [-0.05, 0) is 26.9 Å². The molecule has 8 nitrogen and oxygen atoms in total. The van der Waals surface area contributed by atoms with Crippen LogP contribution in [0.15, 0.2) is 29.1 Å². The molecule has 3 rings (SSSR count). The zero-order valence-corrected chi connectivity index (χ0v) is 16.1. The van der Waals surface area contributed by atoms with Gasteiger partial charge >= 0.3 is 12.1 Å². The first-order chi connectivity index (χ1) is 13.7. The van der Waals surface area contributed by atoms with Crippen LogP contribution >= 0.6 is 0 Å². The number of hydrogen-bond acceptors (Lipinski definition) is 7. The summed E-state index contributed by atoms with van der Waals surface area (Å²) in [5.41, 5.74) is 0.753. The molecule has 0 bridgehead atoms. The Morgan fingerprint density at radius 3 is 2.62 bits per heavy atom. The van der Waals surface area contributed by atoms with Gasteiger partial charge in [0.05, 0.1) is 11.9 Å². The summed E-state index contributed by atoms with van der Waals surface area (Å²) >= 11 is 0. The summed E-state index contributed by atoms with van der Waals surface area (Å²) in [5.74, 6) is -1.66. The summed E-state index contributed by atoms with van der Waals surface area (Å²) in [7, 11) is 3.85. The lowest BCUT2D eigenvalue weighted by Crippen LogP contribution is -2.37. The molecule has 0 atom stereocenters. The Morgan fingerprint density at radius 2 is 2.00 bits per heavy atom. The van der Waals surface area contributed by atoms with E-state index in [-0.39, 0.29) is 23.3 Å². The standard InChI is InChI=1S/C18H21F3N6O2/c1-26(2)7-3-4-15(28)27-8-5-12(6-9-27)13-10-22-11-14(23-13)16-24-17(29-25-16)18(19,20)21/h3-4,10-12H,5-9H2,1-2H3/b4-3+. The molecule has 11 heteroatoms. The third-order valence-corrected chi connectivity index (χ3v) is 4.51. The van der Waals surface area contributed by atoms with E-state index in [1.165, 1.54) is 6.20 Å². The highest BCUT2D eigenvalue weighted by molar-refractivity contribution is 5.87. The molecule has 0 aromatic carbocycles. The number of piperidine rings is 1. The van der Waals surface area contributed by atoms with E-state index in [1.54, 1.807) is 17.2 Å². The van der Waals surface area contributed by atoms with Crippen LogP contribution in [-0.4, -0.2) is 69.5 Å². The highest BCUT2D eigenvalue weighted by atomic mass is 19.4. The van der Waals surface area contributed by atoms with E-state index in [4.69, 9.17) is 0 Å². The van der Waals surface area contributed by atoms with E-state index >= 15 is 0 Å². The highest BCUT2D eigenvalue weighted by Gasteiger charge is 2.38. The molecule has 2 aromatic rings. The Morgan fingerprint density at radius 1 is 1.28 bits per heavy atom. The molecule has 1 fully saturated rings. The molecule has 3 heterocycles. The van der Waals surface area contributed by atoms with Gasteiger partial charge in [-0.25, -0.2) is 4.98 Å². The molecule has 0 aliphatic carbocycles. The van der Waals surface area contributed by atoms with Gasteiger partial charge in [0.15, 0.2) is 0 Å². The lowest BCUT2D eigenvalue weighted by atomic mass is 9.93. The lowest BCUT2D eigenvalue weighted by Gasteiger charge is -2.31. The Labute approximate surface area is 165 Å². The maximum atomic E-state index is 12.6. The van der Waals surface area contributed by atoms with Crippen LogP contribution in [0.5, 0.6) is 0 Å². The fraction of sp³-hybridized carbons (Fsp3) is 0.500. The topological polar surface area (TPSA) is 88.3 Å². The molecule has 0 spiro atoms. The summed E-state index contributed by atoms with van der Waals surface area (Å²) in [4.78, 5) is 27.7. The van der Waals surface area contributed by atoms with Gasteiger partial charge in [0.2, 0.25) is 11.7 Å². The maximum absolute atomic E-state index is 12.6. The molecule has 0 saturated carbocycles. The van der Waals surface area contributed by atoms with E-state index in [1.807, 2.05) is 25.1 Å². The van der Waals surface area contributed by atoms with Crippen LogP contribution < -0.4 is 0 Å². The minimum absolute atomic E-state index is 0.0309. The average molecular weight is 410 g/mol. The number of alkyl halides is 3. The number of halogens is 3. The number of carbonyl (C=O) groups is 1. The van der Waals surface area contributed by atoms with Crippen molar-refractivity contribution >= 4 is 5.91 Å². The van der Waals surface area contributed by atoms with Crippen LogP contribution in [0.4, 0.5) is 13.2 Å². The van der Waals surface area contributed by atoms with Crippen LogP contribution in [0.25, 0.3) is 11.5 Å². The maximum Gasteiger partial charge on any atom is 0.471 e. The van der Waals surface area contributed by atoms with E-state index in [0.717, 1.165) is 0 Å². The predicted molar refractivity (Wildman–Crippen MR) is 96.6 cm³/mol. The Hall–Kier alpha value is -2.82. The number of rotatable bonds is 5. The third-order valence-electron chi connectivity index (χ3n) is 4.51. The van der Waals surface area contributed by atoms with E-state index in [9.17, 15) is 18.0 Å². The van der Waals surface area contributed by atoms with Crippen molar-refractivity contribution in [2.24, 2.45) is 0 Å². The molecule has 1 aliphatic rings. The Kier molecular flexibility index (Phi) is 6.26. The van der Waals surface area contributed by atoms with Crippen molar-refractivity contribution in [2.75, 3.05) is 33.7 Å². The monoisotopic (exact) mass is 410 g/mol. The second-order valence-corrected chi connectivity index (χ2v) is 7.01. The number of aromatic nitrogens is 4. The normalized spacial score (nSPS) is 16.1. The van der Waals surface area contributed by atoms with Crippen molar-refractivity contribution in [1.82, 2.24) is 29.9 Å². The Balaban J connectivity index is 1.63. The van der Waals surface area contributed by atoms with Gasteiger partial charge in [-0.3, -0.25) is 9.78 Å². The summed E-state index contributed by atoms with van der Waals surface area (Å²) in [6, 6.07) is 0. The average Bonchev–Trinajstić information content (AvgIpc) is 3.19. The van der Waals surface area contributed by atoms with Crippen molar-refractivity contribution in [1.29, 1.82) is 0 Å². The van der Waals surface area contributed by atoms with Crippen molar-refractivity contribution in [3.05, 3.63) is 36.1 Å². The minimum Gasteiger partial charge on any atom is -0.339 e. The van der Waals surface area contributed by atoms with Crippen LogP contribution in [0, 0.1) is 0 Å². The molecule has 1 saturated heterocycles. The summed E-state index contributed by atoms with van der Waals surface area (Å²) in [6.07, 6.45) is 2.93. The van der Waals surface area contributed by atoms with Gasteiger partial charge in [-0.1, -0.05) is 11.2 Å². The largest absolute Gasteiger partial charge is 0.471 e. The smallest absolute Gasteiger partial charge is 0.339 e. The molecular formula is C18H21F3N6O2. The highest BCUT2D eigenvalue weighted by Crippen LogP contribution is 2.30. The molecule has 156 valence electrons. The quantitative estimate of drug-likeness (QED) is 0.699. The van der Waals surface area contributed by atoms with Gasteiger partial charge in [-0.15, -0.1) is 0 Å². The van der Waals surface area contributed by atoms with Crippen LogP contribution in [0.2, 0.25) is 0 Å². The first kappa shape index (κ1) is 20.9. The zero-order chi connectivity index (χ0) is 21.0. The summed E-state index contributed by atoms with van der Waals surface area (Å²) in [6.45, 7) is 1.83. The van der Waals surface area contributed by atoms with Crippen molar-refractivity contribution in [3.63, 3.8) is 0 Å². The first-order valence-electron chi connectivity index (χ1n) is 9.07. The van der Waals surface area contributed by atoms with Crippen molar-refractivity contribution in [3.8, 4) is 11.5 Å². The van der Waals surface area contributed by atoms with Gasteiger partial charge in [0.1, 0.15) is 5.69 Å². The van der Waals surface area contributed by atoms with Crippen molar-refractivity contribution < 1.29 is 22.5 Å². The van der Waals surface area contributed by atoms with Gasteiger partial charge in [0, 0.05) is 37.8 Å². The number of amides is 1. The van der Waals surface area contributed by atoms with E-state index in [2.05, 4.69) is 24.6 Å². The van der Waals surface area contributed by atoms with Crippen LogP contribution in [0.3, 0.4) is 0 Å². The van der Waals surface area contributed by atoms with E-state index < -0.39 is 12.1 Å². The van der Waals surface area contributed by atoms with Crippen molar-refractivity contribution in [2.45, 2.75) is 24.9 Å². The molecule has 1 aliphatic heterocycles. The van der Waals surface area contributed by atoms with Gasteiger partial charge in [-0.2, -0.15) is 18.2 Å². The summed E-state index contributed by atoms with van der Waals surface area (Å²) in [5, 5.41) is 3.34. The number of hydrogen-bond donors (Lipinski definition) is 0.